The molecule has 2 aliphatic heterocycles. The Balaban J connectivity index is 1.60. The summed E-state index contributed by atoms with van der Waals surface area (Å²) in [5.41, 5.74) is 1.19. The predicted octanol–water partition coefficient (Wildman–Crippen LogP) is 4.52. The average Bonchev–Trinajstić information content (AvgIpc) is 3.01. The van der Waals surface area contributed by atoms with E-state index in [4.69, 9.17) is 23.2 Å². The summed E-state index contributed by atoms with van der Waals surface area (Å²) in [5, 5.41) is 5.16. The third kappa shape index (κ3) is 3.56. The molecule has 0 radical (unpaired) electrons. The van der Waals surface area contributed by atoms with E-state index in [9.17, 15) is 0 Å². The number of nitrogens with one attached hydrogen (secondary N) is 1. The van der Waals surface area contributed by atoms with Crippen LogP contribution >= 0.6 is 23.2 Å². The second-order valence-electron chi connectivity index (χ2n) is 6.42. The molecule has 4 heteroatoms. The van der Waals surface area contributed by atoms with Crippen LogP contribution in [0.2, 0.25) is 10.0 Å². The lowest BCUT2D eigenvalue weighted by Crippen LogP contribution is -2.41. The van der Waals surface area contributed by atoms with Crippen molar-refractivity contribution in [3.63, 3.8) is 0 Å². The van der Waals surface area contributed by atoms with Gasteiger partial charge in [0.2, 0.25) is 0 Å². The van der Waals surface area contributed by atoms with Crippen molar-refractivity contribution in [2.45, 2.75) is 44.7 Å². The Hall–Kier alpha value is -0.280. The van der Waals surface area contributed by atoms with Gasteiger partial charge in [0, 0.05) is 22.1 Å². The summed E-state index contributed by atoms with van der Waals surface area (Å²) in [4.78, 5) is 2.56. The summed E-state index contributed by atoms with van der Waals surface area (Å²) in [7, 11) is 0. The summed E-state index contributed by atoms with van der Waals surface area (Å²) >= 11 is 12.3. The van der Waals surface area contributed by atoms with Crippen LogP contribution < -0.4 is 5.32 Å². The fourth-order valence-corrected chi connectivity index (χ4v) is 4.43. The third-order valence-electron chi connectivity index (χ3n) is 5.20. The average molecular weight is 327 g/mol. The highest BCUT2D eigenvalue weighted by Gasteiger charge is 2.30. The standard InChI is InChI=1S/C17H24Cl2N2/c1-12(15-5-4-14(18)11-16(15)19)21-9-6-13(7-10-21)17-3-2-8-20-17/h4-5,11-13,17,20H,2-3,6-10H2,1H3. The maximum atomic E-state index is 6.35. The minimum atomic E-state index is 0.368. The Morgan fingerprint density at radius 1 is 1.19 bits per heavy atom. The van der Waals surface area contributed by atoms with Crippen LogP contribution in [0.5, 0.6) is 0 Å². The summed E-state index contributed by atoms with van der Waals surface area (Å²) in [6.07, 6.45) is 5.31. The van der Waals surface area contributed by atoms with Crippen molar-refractivity contribution in [1.29, 1.82) is 0 Å². The minimum Gasteiger partial charge on any atom is -0.314 e. The maximum Gasteiger partial charge on any atom is 0.0468 e. The van der Waals surface area contributed by atoms with Crippen LogP contribution in [-0.2, 0) is 0 Å². The second kappa shape index (κ2) is 6.87. The first-order valence-corrected chi connectivity index (χ1v) is 8.83. The van der Waals surface area contributed by atoms with Crippen molar-refractivity contribution in [3.8, 4) is 0 Å². The lowest BCUT2D eigenvalue weighted by atomic mass is 9.87. The van der Waals surface area contributed by atoms with Crippen LogP contribution in [0.1, 0.15) is 44.2 Å². The van der Waals surface area contributed by atoms with Crippen LogP contribution in [0.15, 0.2) is 18.2 Å². The van der Waals surface area contributed by atoms with Gasteiger partial charge in [-0.15, -0.1) is 0 Å². The number of nitrogens with zero attached hydrogens (tertiary/aromatic N) is 1. The number of halogens is 2. The molecule has 2 atom stereocenters. The molecular formula is C17H24Cl2N2. The van der Waals surface area contributed by atoms with Crippen LogP contribution in [0, 0.1) is 5.92 Å². The Morgan fingerprint density at radius 3 is 2.57 bits per heavy atom. The Labute approximate surface area is 137 Å². The van der Waals surface area contributed by atoms with E-state index in [0.717, 1.165) is 17.0 Å². The summed E-state index contributed by atoms with van der Waals surface area (Å²) in [6, 6.07) is 6.99. The Morgan fingerprint density at radius 2 is 1.95 bits per heavy atom. The number of hydrogen-bond donors (Lipinski definition) is 1. The molecule has 116 valence electrons. The highest BCUT2D eigenvalue weighted by molar-refractivity contribution is 6.35. The topological polar surface area (TPSA) is 15.3 Å². The first-order chi connectivity index (χ1) is 10.1. The zero-order valence-electron chi connectivity index (χ0n) is 12.6. The van der Waals surface area contributed by atoms with Crippen LogP contribution in [0.25, 0.3) is 0 Å². The number of hydrogen-bond acceptors (Lipinski definition) is 2. The van der Waals surface area contributed by atoms with Crippen LogP contribution in [0.3, 0.4) is 0 Å². The van der Waals surface area contributed by atoms with Crippen molar-refractivity contribution < 1.29 is 0 Å². The molecule has 2 nitrogen and oxygen atoms in total. The zero-order chi connectivity index (χ0) is 14.8. The molecule has 1 N–H and O–H groups in total. The molecule has 0 spiro atoms. The summed E-state index contributed by atoms with van der Waals surface area (Å²) in [5.74, 6) is 0.858. The molecule has 2 aliphatic rings. The summed E-state index contributed by atoms with van der Waals surface area (Å²) in [6.45, 7) is 5.80. The van der Waals surface area contributed by atoms with E-state index in [1.165, 1.54) is 50.9 Å². The summed E-state index contributed by atoms with van der Waals surface area (Å²) < 4.78 is 0. The number of rotatable bonds is 3. The van der Waals surface area contributed by atoms with Crippen LogP contribution in [0.4, 0.5) is 0 Å². The minimum absolute atomic E-state index is 0.368. The van der Waals surface area contributed by atoms with Gasteiger partial charge in [-0.3, -0.25) is 4.90 Å². The van der Waals surface area contributed by atoms with Gasteiger partial charge in [0.15, 0.2) is 0 Å². The first kappa shape index (κ1) is 15.6. The molecule has 2 unspecified atom stereocenters. The molecule has 0 amide bonds. The molecule has 0 aliphatic carbocycles. The normalized spacial score (nSPS) is 26.1. The molecule has 0 bridgehead atoms. The van der Waals surface area contributed by atoms with Gasteiger partial charge in [-0.1, -0.05) is 29.3 Å². The fraction of sp³-hybridized carbons (Fsp3) is 0.647. The lowest BCUT2D eigenvalue weighted by Gasteiger charge is -2.38. The highest BCUT2D eigenvalue weighted by Crippen LogP contribution is 2.33. The molecule has 2 fully saturated rings. The molecule has 3 rings (SSSR count). The van der Waals surface area contributed by atoms with Gasteiger partial charge < -0.3 is 5.32 Å². The van der Waals surface area contributed by atoms with Crippen molar-refractivity contribution in [2.24, 2.45) is 5.92 Å². The first-order valence-electron chi connectivity index (χ1n) is 8.07. The van der Waals surface area contributed by atoms with Crippen molar-refractivity contribution in [2.75, 3.05) is 19.6 Å². The molecule has 1 aromatic rings. The van der Waals surface area contributed by atoms with E-state index in [0.29, 0.717) is 11.1 Å². The van der Waals surface area contributed by atoms with Gasteiger partial charge in [-0.2, -0.15) is 0 Å². The molecule has 0 aromatic heterocycles. The largest absolute Gasteiger partial charge is 0.314 e. The molecule has 1 aromatic carbocycles. The number of benzene rings is 1. The van der Waals surface area contributed by atoms with Gasteiger partial charge >= 0.3 is 0 Å². The second-order valence-corrected chi connectivity index (χ2v) is 7.26. The van der Waals surface area contributed by atoms with Crippen LogP contribution in [-0.4, -0.2) is 30.6 Å². The van der Waals surface area contributed by atoms with E-state index in [-0.39, 0.29) is 0 Å². The number of likely N-dealkylation sites (tertiary alicyclic amines) is 1. The quantitative estimate of drug-likeness (QED) is 0.878. The van der Waals surface area contributed by atoms with Crippen molar-refractivity contribution in [1.82, 2.24) is 10.2 Å². The monoisotopic (exact) mass is 326 g/mol. The molecule has 0 saturated carbocycles. The van der Waals surface area contributed by atoms with Gasteiger partial charge in [0.1, 0.15) is 0 Å². The van der Waals surface area contributed by atoms with Gasteiger partial charge in [0.25, 0.3) is 0 Å². The van der Waals surface area contributed by atoms with E-state index in [1.807, 2.05) is 12.1 Å². The van der Waals surface area contributed by atoms with Gasteiger partial charge in [-0.05, 0) is 75.9 Å². The molecule has 21 heavy (non-hydrogen) atoms. The molecule has 2 heterocycles. The highest BCUT2D eigenvalue weighted by atomic mass is 35.5. The fourth-order valence-electron chi connectivity index (χ4n) is 3.86. The number of piperidine rings is 1. The van der Waals surface area contributed by atoms with Crippen molar-refractivity contribution in [3.05, 3.63) is 33.8 Å². The van der Waals surface area contributed by atoms with E-state index in [1.54, 1.807) is 0 Å². The van der Waals surface area contributed by atoms with Gasteiger partial charge in [0.05, 0.1) is 0 Å². The van der Waals surface area contributed by atoms with E-state index < -0.39 is 0 Å². The zero-order valence-corrected chi connectivity index (χ0v) is 14.1. The van der Waals surface area contributed by atoms with E-state index >= 15 is 0 Å². The smallest absolute Gasteiger partial charge is 0.0468 e. The Kier molecular flexibility index (Phi) is 5.11. The van der Waals surface area contributed by atoms with E-state index in [2.05, 4.69) is 23.2 Å². The molecule has 2 saturated heterocycles. The lowest BCUT2D eigenvalue weighted by molar-refractivity contribution is 0.126. The Bertz CT molecular complexity index is 478. The molecular weight excluding hydrogens is 303 g/mol. The van der Waals surface area contributed by atoms with Gasteiger partial charge in [-0.25, -0.2) is 0 Å². The van der Waals surface area contributed by atoms with Crippen molar-refractivity contribution >= 4 is 23.2 Å². The maximum absolute atomic E-state index is 6.35. The SMILES string of the molecule is CC(c1ccc(Cl)cc1Cl)N1CCC(C2CCCN2)CC1. The third-order valence-corrected chi connectivity index (χ3v) is 5.76. The predicted molar refractivity (Wildman–Crippen MR) is 90.2 cm³/mol.